The maximum Gasteiger partial charge on any atom is 0.401 e. The zero-order chi connectivity index (χ0) is 17.0. The Labute approximate surface area is 138 Å². The van der Waals surface area contributed by atoms with E-state index in [0.29, 0.717) is 17.0 Å². The quantitative estimate of drug-likeness (QED) is 0.773. The van der Waals surface area contributed by atoms with E-state index in [1.165, 1.54) is 4.90 Å². The number of carbonyl (C=O) groups excluding carboxylic acids is 1. The van der Waals surface area contributed by atoms with Crippen LogP contribution in [-0.4, -0.2) is 43.3 Å². The maximum absolute atomic E-state index is 12.7. The zero-order valence-corrected chi connectivity index (χ0v) is 13.5. The lowest BCUT2D eigenvalue weighted by Crippen LogP contribution is -2.46. The van der Waals surface area contributed by atoms with Crippen molar-refractivity contribution < 1.29 is 22.7 Å². The molecule has 0 bridgehead atoms. The number of esters is 1. The summed E-state index contributed by atoms with van der Waals surface area (Å²) in [5.74, 6) is -1.25. The van der Waals surface area contributed by atoms with Gasteiger partial charge in [0, 0.05) is 17.5 Å². The van der Waals surface area contributed by atoms with Gasteiger partial charge in [0.05, 0.1) is 19.1 Å². The Morgan fingerprint density at radius 1 is 1.39 bits per heavy atom. The summed E-state index contributed by atoms with van der Waals surface area (Å²) in [5, 5.41) is 0.459. The average Bonchev–Trinajstić information content (AvgIpc) is 2.46. The summed E-state index contributed by atoms with van der Waals surface area (Å²) < 4.78 is 43.1. The topological polar surface area (TPSA) is 29.5 Å². The molecule has 1 aliphatic rings. The monoisotopic (exact) mass is 349 g/mol. The number of carbonyl (C=O) groups is 1. The van der Waals surface area contributed by atoms with Gasteiger partial charge in [-0.1, -0.05) is 29.8 Å². The predicted molar refractivity (Wildman–Crippen MR) is 81.4 cm³/mol. The van der Waals surface area contributed by atoms with Crippen LogP contribution in [0.1, 0.15) is 24.8 Å². The Bertz CT molecular complexity index is 550. The summed E-state index contributed by atoms with van der Waals surface area (Å²) in [6, 6.07) is 6.96. The summed E-state index contributed by atoms with van der Waals surface area (Å²) in [6.45, 7) is 1.32. The number of benzene rings is 1. The Morgan fingerprint density at radius 3 is 2.70 bits per heavy atom. The first kappa shape index (κ1) is 18.1. The van der Waals surface area contributed by atoms with Crippen molar-refractivity contribution in [2.75, 3.05) is 26.2 Å². The molecule has 0 spiro atoms. The average molecular weight is 350 g/mol. The highest BCUT2D eigenvalue weighted by Crippen LogP contribution is 2.37. The molecule has 0 N–H and O–H groups in total. The number of rotatable bonds is 4. The van der Waals surface area contributed by atoms with Gasteiger partial charge in [0.25, 0.3) is 0 Å². The second-order valence-electron chi connectivity index (χ2n) is 5.63. The van der Waals surface area contributed by atoms with Crippen molar-refractivity contribution in [3.05, 3.63) is 34.9 Å². The van der Waals surface area contributed by atoms with Crippen LogP contribution in [0.3, 0.4) is 0 Å². The fourth-order valence-corrected chi connectivity index (χ4v) is 3.31. The molecule has 0 radical (unpaired) electrons. The van der Waals surface area contributed by atoms with Crippen molar-refractivity contribution in [3.8, 4) is 0 Å². The molecule has 1 aromatic rings. The predicted octanol–water partition coefficient (Wildman–Crippen LogP) is 3.87. The van der Waals surface area contributed by atoms with Gasteiger partial charge in [-0.15, -0.1) is 0 Å². The van der Waals surface area contributed by atoms with E-state index >= 15 is 0 Å². The van der Waals surface area contributed by atoms with Gasteiger partial charge in [0.15, 0.2) is 0 Å². The smallest absolute Gasteiger partial charge is 0.401 e. The molecule has 1 aliphatic heterocycles. The van der Waals surface area contributed by atoms with Crippen LogP contribution < -0.4 is 0 Å². The van der Waals surface area contributed by atoms with Crippen LogP contribution in [0, 0.1) is 5.92 Å². The van der Waals surface area contributed by atoms with E-state index in [0.717, 1.165) is 0 Å². The summed E-state index contributed by atoms with van der Waals surface area (Å²) in [4.78, 5) is 13.5. The van der Waals surface area contributed by atoms with E-state index in [1.54, 1.807) is 31.2 Å². The SMILES string of the molecule is CCOC(=O)[C@@H]1CCN(CC(F)(F)F)C[C@@H]1c1ccccc1Cl. The Morgan fingerprint density at radius 2 is 2.09 bits per heavy atom. The van der Waals surface area contributed by atoms with Crippen molar-refractivity contribution in [2.24, 2.45) is 5.92 Å². The van der Waals surface area contributed by atoms with E-state index in [4.69, 9.17) is 16.3 Å². The third-order valence-electron chi connectivity index (χ3n) is 3.99. The second kappa shape index (κ2) is 7.53. The van der Waals surface area contributed by atoms with E-state index < -0.39 is 24.6 Å². The molecule has 0 amide bonds. The highest BCUT2D eigenvalue weighted by Gasteiger charge is 2.40. The van der Waals surface area contributed by atoms with Gasteiger partial charge < -0.3 is 4.74 Å². The van der Waals surface area contributed by atoms with Crippen LogP contribution in [0.2, 0.25) is 5.02 Å². The fraction of sp³-hybridized carbons (Fsp3) is 0.562. The molecule has 0 aliphatic carbocycles. The summed E-state index contributed by atoms with van der Waals surface area (Å²) in [5.41, 5.74) is 0.694. The Hall–Kier alpha value is -1.27. The molecule has 0 saturated carbocycles. The minimum atomic E-state index is -4.26. The number of halogens is 4. The lowest BCUT2D eigenvalue weighted by Gasteiger charge is -2.38. The third-order valence-corrected chi connectivity index (χ3v) is 4.34. The van der Waals surface area contributed by atoms with E-state index in [2.05, 4.69) is 0 Å². The molecule has 0 unspecified atom stereocenters. The van der Waals surface area contributed by atoms with Gasteiger partial charge in [0.2, 0.25) is 0 Å². The number of piperidine rings is 1. The molecule has 0 aromatic heterocycles. The molecular formula is C16H19ClF3NO2. The normalized spacial score (nSPS) is 22.8. The molecule has 2 atom stereocenters. The molecule has 1 fully saturated rings. The first-order chi connectivity index (χ1) is 10.8. The maximum atomic E-state index is 12.7. The second-order valence-corrected chi connectivity index (χ2v) is 6.03. The number of likely N-dealkylation sites (tertiary alicyclic amines) is 1. The Balaban J connectivity index is 2.24. The number of nitrogens with zero attached hydrogens (tertiary/aromatic N) is 1. The van der Waals surface area contributed by atoms with Crippen molar-refractivity contribution in [3.63, 3.8) is 0 Å². The number of hydrogen-bond acceptors (Lipinski definition) is 3. The zero-order valence-electron chi connectivity index (χ0n) is 12.8. The van der Waals surface area contributed by atoms with Crippen molar-refractivity contribution in [2.45, 2.75) is 25.4 Å². The largest absolute Gasteiger partial charge is 0.466 e. The molecule has 3 nitrogen and oxygen atoms in total. The van der Waals surface area contributed by atoms with Crippen molar-refractivity contribution >= 4 is 17.6 Å². The minimum Gasteiger partial charge on any atom is -0.466 e. The summed E-state index contributed by atoms with van der Waals surface area (Å²) in [6.07, 6.45) is -3.94. The fourth-order valence-electron chi connectivity index (χ4n) is 3.04. The standard InChI is InChI=1S/C16H19ClF3NO2/c1-2-23-15(22)12-7-8-21(10-16(18,19)20)9-13(12)11-5-3-4-6-14(11)17/h3-6,12-13H,2,7-10H2,1H3/t12-,13-/m1/s1. The Kier molecular flexibility index (Phi) is 5.92. The number of alkyl halides is 3. The minimum absolute atomic E-state index is 0.132. The van der Waals surface area contributed by atoms with Crippen LogP contribution in [0.25, 0.3) is 0 Å². The summed E-state index contributed by atoms with van der Waals surface area (Å²) >= 11 is 6.19. The van der Waals surface area contributed by atoms with Gasteiger partial charge >= 0.3 is 12.1 Å². The first-order valence-electron chi connectivity index (χ1n) is 7.52. The van der Waals surface area contributed by atoms with Crippen molar-refractivity contribution in [1.29, 1.82) is 0 Å². The summed E-state index contributed by atoms with van der Waals surface area (Å²) in [7, 11) is 0. The molecule has 128 valence electrons. The lowest BCUT2D eigenvalue weighted by molar-refractivity contribution is -0.157. The molecule has 23 heavy (non-hydrogen) atoms. The molecule has 1 aromatic carbocycles. The van der Waals surface area contributed by atoms with Crippen molar-refractivity contribution in [1.82, 2.24) is 4.90 Å². The highest BCUT2D eigenvalue weighted by atomic mass is 35.5. The highest BCUT2D eigenvalue weighted by molar-refractivity contribution is 6.31. The molecule has 7 heteroatoms. The van der Waals surface area contributed by atoms with E-state index in [9.17, 15) is 18.0 Å². The molecule has 2 rings (SSSR count). The van der Waals surface area contributed by atoms with Crippen LogP contribution >= 0.6 is 11.6 Å². The van der Waals surface area contributed by atoms with Crippen LogP contribution in [0.15, 0.2) is 24.3 Å². The number of ether oxygens (including phenoxy) is 1. The lowest BCUT2D eigenvalue weighted by atomic mass is 9.80. The first-order valence-corrected chi connectivity index (χ1v) is 7.89. The van der Waals surface area contributed by atoms with Gasteiger partial charge in [-0.3, -0.25) is 9.69 Å². The van der Waals surface area contributed by atoms with Gasteiger partial charge in [-0.05, 0) is 31.5 Å². The molecular weight excluding hydrogens is 331 g/mol. The third kappa shape index (κ3) is 4.85. The van der Waals surface area contributed by atoms with Crippen LogP contribution in [0.5, 0.6) is 0 Å². The van der Waals surface area contributed by atoms with E-state index in [-0.39, 0.29) is 25.7 Å². The number of hydrogen-bond donors (Lipinski definition) is 0. The van der Waals surface area contributed by atoms with Gasteiger partial charge in [-0.2, -0.15) is 13.2 Å². The molecule has 1 saturated heterocycles. The van der Waals surface area contributed by atoms with Gasteiger partial charge in [-0.25, -0.2) is 0 Å². The van der Waals surface area contributed by atoms with Crippen LogP contribution in [0.4, 0.5) is 13.2 Å². The molecule has 1 heterocycles. The van der Waals surface area contributed by atoms with Crippen LogP contribution in [-0.2, 0) is 9.53 Å². The van der Waals surface area contributed by atoms with E-state index in [1.807, 2.05) is 0 Å². The van der Waals surface area contributed by atoms with Gasteiger partial charge in [0.1, 0.15) is 0 Å².